The topological polar surface area (TPSA) is 103 Å². The molecule has 0 unspecified atom stereocenters. The maximum absolute atomic E-state index is 15.3. The van der Waals surface area contributed by atoms with Crippen molar-refractivity contribution in [1.29, 1.82) is 0 Å². The Morgan fingerprint density at radius 3 is 2.20 bits per heavy atom. The number of anilines is 3. The van der Waals surface area contributed by atoms with Crippen LogP contribution in [0.1, 0.15) is 48.0 Å². The molecule has 11 heteroatoms. The Labute approximate surface area is 236 Å². The van der Waals surface area contributed by atoms with E-state index in [2.05, 4.69) is 10.3 Å². The Morgan fingerprint density at radius 1 is 1.00 bits per heavy atom. The molecule has 0 bridgehead atoms. The highest BCUT2D eigenvalue weighted by Gasteiger charge is 2.34. The number of pyridine rings is 1. The van der Waals surface area contributed by atoms with E-state index in [1.54, 1.807) is 26.8 Å². The summed E-state index contributed by atoms with van der Waals surface area (Å²) in [6.07, 6.45) is 0.530. The van der Waals surface area contributed by atoms with Crippen LogP contribution in [0.15, 0.2) is 40.9 Å². The fourth-order valence-electron chi connectivity index (χ4n) is 4.26. The van der Waals surface area contributed by atoms with Crippen molar-refractivity contribution in [1.82, 2.24) is 4.98 Å². The summed E-state index contributed by atoms with van der Waals surface area (Å²) in [6.45, 7) is 8.97. The molecule has 1 N–H and O–H groups in total. The Balaban J connectivity index is 1.92. The highest BCUT2D eigenvalue weighted by atomic mass is 19.1. The second-order valence-electron chi connectivity index (χ2n) is 10.4. The molecule has 0 saturated carbocycles. The normalized spacial score (nSPS) is 11.4. The first-order valence-corrected chi connectivity index (χ1v) is 12.6. The van der Waals surface area contributed by atoms with Gasteiger partial charge in [0.25, 0.3) is 0 Å². The second-order valence-corrected chi connectivity index (χ2v) is 10.4. The summed E-state index contributed by atoms with van der Waals surface area (Å²) in [6, 6.07) is 8.40. The third-order valence-electron chi connectivity index (χ3n) is 6.20. The molecule has 2 aromatic heterocycles. The minimum Gasteiger partial charge on any atom is -0.494 e. The second kappa shape index (κ2) is 11.1. The van der Waals surface area contributed by atoms with Gasteiger partial charge in [-0.25, -0.2) is 18.6 Å². The maximum atomic E-state index is 15.3. The highest BCUT2D eigenvalue weighted by molar-refractivity contribution is 6.17. The standard InChI is InChI=1S/C30H31F2N3O6/c1-15-9-10-18(16(2)11-15)34-22-12-17-21(14-33-22)40-28(26(17)35(6)29(37)41-30(3,4)5)27(36)23-24(31)19(38-7)13-20(39-8)25(23)32/h9-14H,1-8H3,(H,33,34). The maximum Gasteiger partial charge on any atom is 0.414 e. The molecule has 4 rings (SSSR count). The fourth-order valence-corrected chi connectivity index (χ4v) is 4.26. The van der Waals surface area contributed by atoms with Gasteiger partial charge in [0.2, 0.25) is 5.78 Å². The summed E-state index contributed by atoms with van der Waals surface area (Å²) in [5.41, 5.74) is 1.04. The number of hydrogen-bond donors (Lipinski definition) is 1. The van der Waals surface area contributed by atoms with Crippen molar-refractivity contribution >= 4 is 40.0 Å². The number of halogens is 2. The van der Waals surface area contributed by atoms with Gasteiger partial charge >= 0.3 is 6.09 Å². The van der Waals surface area contributed by atoms with Gasteiger partial charge in [0.1, 0.15) is 22.7 Å². The number of aryl methyl sites for hydroxylation is 2. The van der Waals surface area contributed by atoms with Crippen molar-refractivity contribution in [2.24, 2.45) is 0 Å². The molecule has 0 atom stereocenters. The molecule has 2 aromatic carbocycles. The summed E-state index contributed by atoms with van der Waals surface area (Å²) in [4.78, 5) is 32.3. The lowest BCUT2D eigenvalue weighted by Crippen LogP contribution is -2.34. The van der Waals surface area contributed by atoms with Crippen LogP contribution in [0.3, 0.4) is 0 Å². The summed E-state index contributed by atoms with van der Waals surface area (Å²) in [7, 11) is 3.71. The highest BCUT2D eigenvalue weighted by Crippen LogP contribution is 2.40. The monoisotopic (exact) mass is 567 g/mol. The molecule has 4 aromatic rings. The fraction of sp³-hybridized carbons (Fsp3) is 0.300. The van der Waals surface area contributed by atoms with Gasteiger partial charge in [-0.15, -0.1) is 0 Å². The van der Waals surface area contributed by atoms with Gasteiger partial charge < -0.3 is 23.9 Å². The van der Waals surface area contributed by atoms with E-state index in [4.69, 9.17) is 18.6 Å². The zero-order valence-electron chi connectivity index (χ0n) is 24.1. The number of fused-ring (bicyclic) bond motifs is 1. The van der Waals surface area contributed by atoms with Crippen LogP contribution < -0.4 is 19.7 Å². The molecule has 1 amide bonds. The largest absolute Gasteiger partial charge is 0.494 e. The SMILES string of the molecule is COc1cc(OC)c(F)c(C(=O)c2oc3cnc(Nc4ccc(C)cc4C)cc3c2N(C)C(=O)OC(C)(C)C)c1F. The van der Waals surface area contributed by atoms with Gasteiger partial charge in [0.05, 0.1) is 25.8 Å². The average molecular weight is 568 g/mol. The predicted octanol–water partition coefficient (Wildman–Crippen LogP) is 7.09. The minimum atomic E-state index is -1.25. The number of methoxy groups -OCH3 is 2. The number of benzene rings is 2. The van der Waals surface area contributed by atoms with Gasteiger partial charge in [-0.1, -0.05) is 17.7 Å². The number of aromatic nitrogens is 1. The molecule has 41 heavy (non-hydrogen) atoms. The van der Waals surface area contributed by atoms with Crippen molar-refractivity contribution in [3.63, 3.8) is 0 Å². The third kappa shape index (κ3) is 5.79. The molecule has 0 fully saturated rings. The van der Waals surface area contributed by atoms with Gasteiger partial charge in [-0.05, 0) is 52.3 Å². The number of nitrogens with zero attached hydrogens (tertiary/aromatic N) is 2. The lowest BCUT2D eigenvalue weighted by atomic mass is 10.0. The van der Waals surface area contributed by atoms with Crippen molar-refractivity contribution < 1.29 is 37.0 Å². The van der Waals surface area contributed by atoms with Crippen molar-refractivity contribution in [3.8, 4) is 11.5 Å². The van der Waals surface area contributed by atoms with Crippen molar-refractivity contribution in [2.75, 3.05) is 31.5 Å². The van der Waals surface area contributed by atoms with Crippen LogP contribution in [-0.4, -0.2) is 43.7 Å². The van der Waals surface area contributed by atoms with E-state index in [1.807, 2.05) is 32.0 Å². The van der Waals surface area contributed by atoms with E-state index in [0.29, 0.717) is 5.82 Å². The van der Waals surface area contributed by atoms with E-state index in [0.717, 1.165) is 27.8 Å². The zero-order chi connectivity index (χ0) is 30.2. The summed E-state index contributed by atoms with van der Waals surface area (Å²) in [5, 5.41) is 3.50. The third-order valence-corrected chi connectivity index (χ3v) is 6.20. The summed E-state index contributed by atoms with van der Waals surface area (Å²) >= 11 is 0. The molecule has 9 nitrogen and oxygen atoms in total. The Bertz CT molecular complexity index is 1630. The van der Waals surface area contributed by atoms with Crippen LogP contribution in [0, 0.1) is 25.5 Å². The van der Waals surface area contributed by atoms with Gasteiger partial charge in [-0.2, -0.15) is 0 Å². The molecular weight excluding hydrogens is 536 g/mol. The van der Waals surface area contributed by atoms with Crippen LogP contribution in [0.2, 0.25) is 0 Å². The zero-order valence-corrected chi connectivity index (χ0v) is 24.1. The minimum absolute atomic E-state index is 0.0640. The number of carbonyl (C=O) groups excluding carboxylic acids is 2. The van der Waals surface area contributed by atoms with Crippen molar-refractivity contribution in [3.05, 3.63) is 70.6 Å². The van der Waals surface area contributed by atoms with Crippen LogP contribution >= 0.6 is 0 Å². The molecule has 0 aliphatic heterocycles. The van der Waals surface area contributed by atoms with E-state index < -0.39 is 51.9 Å². The average Bonchev–Trinajstić information content (AvgIpc) is 3.28. The number of furan rings is 1. The molecule has 0 saturated heterocycles. The van der Waals surface area contributed by atoms with Crippen LogP contribution in [0.4, 0.5) is 30.8 Å². The van der Waals surface area contributed by atoms with Crippen LogP contribution in [0.25, 0.3) is 11.0 Å². The quantitative estimate of drug-likeness (QED) is 0.236. The predicted molar refractivity (Wildman–Crippen MR) is 151 cm³/mol. The number of rotatable bonds is 7. The molecule has 0 spiro atoms. The van der Waals surface area contributed by atoms with Crippen LogP contribution in [0.5, 0.6) is 11.5 Å². The molecule has 0 aliphatic rings. The molecule has 216 valence electrons. The number of ether oxygens (including phenoxy) is 3. The first kappa shape index (κ1) is 29.3. The molecule has 0 radical (unpaired) electrons. The van der Waals surface area contributed by atoms with E-state index in [-0.39, 0.29) is 16.7 Å². The number of carbonyl (C=O) groups is 2. The lowest BCUT2D eigenvalue weighted by Gasteiger charge is -2.24. The number of ketones is 1. The summed E-state index contributed by atoms with van der Waals surface area (Å²) in [5.74, 6) is -4.63. The molecular formula is C30H31F2N3O6. The van der Waals surface area contributed by atoms with Crippen molar-refractivity contribution in [2.45, 2.75) is 40.2 Å². The lowest BCUT2D eigenvalue weighted by molar-refractivity contribution is 0.0589. The van der Waals surface area contributed by atoms with E-state index in [1.165, 1.54) is 27.5 Å². The van der Waals surface area contributed by atoms with Gasteiger partial charge in [-0.3, -0.25) is 9.69 Å². The molecule has 2 heterocycles. The van der Waals surface area contributed by atoms with Crippen LogP contribution in [-0.2, 0) is 4.74 Å². The number of hydrogen-bond acceptors (Lipinski definition) is 8. The number of nitrogens with one attached hydrogen (secondary N) is 1. The first-order valence-electron chi connectivity index (χ1n) is 12.6. The smallest absolute Gasteiger partial charge is 0.414 e. The van der Waals surface area contributed by atoms with E-state index in [9.17, 15) is 9.59 Å². The van der Waals surface area contributed by atoms with Gasteiger partial charge in [0.15, 0.2) is 34.5 Å². The first-order chi connectivity index (χ1) is 19.2. The Kier molecular flexibility index (Phi) is 7.92. The van der Waals surface area contributed by atoms with Gasteiger partial charge in [0, 0.05) is 18.8 Å². The number of amides is 1. The molecule has 0 aliphatic carbocycles. The Morgan fingerprint density at radius 2 is 1.63 bits per heavy atom. The Hall–Kier alpha value is -4.67. The summed E-state index contributed by atoms with van der Waals surface area (Å²) < 4.78 is 51.9. The van der Waals surface area contributed by atoms with E-state index >= 15 is 8.78 Å².